The summed E-state index contributed by atoms with van der Waals surface area (Å²) in [5, 5.41) is 5.49. The molecule has 2 unspecified atom stereocenters. The molecule has 1 heterocycles. The van der Waals surface area contributed by atoms with Gasteiger partial charge in [-0.2, -0.15) is 0 Å². The van der Waals surface area contributed by atoms with Gasteiger partial charge in [-0.3, -0.25) is 14.9 Å². The lowest BCUT2D eigenvalue weighted by atomic mass is 9.96. The number of carbonyl (C=O) groups is 2. The summed E-state index contributed by atoms with van der Waals surface area (Å²) in [6, 6.07) is 7.84. The minimum atomic E-state index is -0.576. The predicted molar refractivity (Wildman–Crippen MR) is 80.2 cm³/mol. The van der Waals surface area contributed by atoms with E-state index < -0.39 is 6.10 Å². The minimum absolute atomic E-state index is 0.229. The van der Waals surface area contributed by atoms with Gasteiger partial charge in [-0.05, 0) is 37.1 Å². The molecule has 114 valence electrons. The van der Waals surface area contributed by atoms with E-state index in [1.165, 1.54) is 5.56 Å². The predicted octanol–water partition coefficient (Wildman–Crippen LogP) is 1.58. The van der Waals surface area contributed by atoms with E-state index in [1.807, 2.05) is 31.3 Å². The van der Waals surface area contributed by atoms with Crippen LogP contribution in [-0.4, -0.2) is 31.5 Å². The Bertz CT molecular complexity index is 499. The van der Waals surface area contributed by atoms with Crippen LogP contribution in [0.25, 0.3) is 0 Å². The molecular formula is C16H22N2O3. The van der Waals surface area contributed by atoms with Crippen molar-refractivity contribution in [2.45, 2.75) is 38.2 Å². The molecule has 5 nitrogen and oxygen atoms in total. The Kier molecular flexibility index (Phi) is 5.33. The molecule has 0 aliphatic carbocycles. The van der Waals surface area contributed by atoms with Gasteiger partial charge in [-0.15, -0.1) is 0 Å². The van der Waals surface area contributed by atoms with E-state index in [0.717, 1.165) is 13.0 Å². The first-order valence-corrected chi connectivity index (χ1v) is 7.39. The van der Waals surface area contributed by atoms with E-state index in [9.17, 15) is 9.59 Å². The van der Waals surface area contributed by atoms with Gasteiger partial charge in [0.2, 0.25) is 5.91 Å². The SMILES string of the molecule is CCC(CNC)c1ccc(OC2CCC(=O)NC2=O)cc1. The maximum atomic E-state index is 11.7. The number of carbonyl (C=O) groups excluding carboxylic acids is 2. The third-order valence-electron chi connectivity index (χ3n) is 3.76. The summed E-state index contributed by atoms with van der Waals surface area (Å²) in [6.07, 6.45) is 1.25. The zero-order valence-corrected chi connectivity index (χ0v) is 12.5. The fourth-order valence-electron chi connectivity index (χ4n) is 2.51. The van der Waals surface area contributed by atoms with Crippen LogP contribution >= 0.6 is 0 Å². The Morgan fingerprint density at radius 1 is 1.33 bits per heavy atom. The summed E-state index contributed by atoms with van der Waals surface area (Å²) in [6.45, 7) is 3.10. The van der Waals surface area contributed by atoms with Gasteiger partial charge in [0.15, 0.2) is 6.10 Å². The van der Waals surface area contributed by atoms with E-state index in [0.29, 0.717) is 24.5 Å². The average molecular weight is 290 g/mol. The van der Waals surface area contributed by atoms with Crippen molar-refractivity contribution >= 4 is 11.8 Å². The first-order chi connectivity index (χ1) is 10.1. The zero-order valence-electron chi connectivity index (χ0n) is 12.5. The first kappa shape index (κ1) is 15.5. The number of piperidine rings is 1. The Balaban J connectivity index is 1.99. The smallest absolute Gasteiger partial charge is 0.267 e. The highest BCUT2D eigenvalue weighted by molar-refractivity contribution is 5.99. The molecule has 2 N–H and O–H groups in total. The van der Waals surface area contributed by atoms with Gasteiger partial charge in [-0.1, -0.05) is 19.1 Å². The average Bonchev–Trinajstić information content (AvgIpc) is 2.48. The summed E-state index contributed by atoms with van der Waals surface area (Å²) >= 11 is 0. The van der Waals surface area contributed by atoms with Crippen molar-refractivity contribution in [3.8, 4) is 5.75 Å². The molecule has 1 aliphatic rings. The summed E-state index contributed by atoms with van der Waals surface area (Å²) in [5.41, 5.74) is 1.25. The molecule has 0 aromatic heterocycles. The Labute approximate surface area is 125 Å². The normalized spacial score (nSPS) is 20.0. The molecule has 0 radical (unpaired) electrons. The Morgan fingerprint density at radius 2 is 2.05 bits per heavy atom. The quantitative estimate of drug-likeness (QED) is 0.781. The fourth-order valence-corrected chi connectivity index (χ4v) is 2.51. The van der Waals surface area contributed by atoms with E-state index >= 15 is 0 Å². The number of benzene rings is 1. The summed E-state index contributed by atoms with van der Waals surface area (Å²) < 4.78 is 5.66. The van der Waals surface area contributed by atoms with Crippen molar-refractivity contribution in [1.29, 1.82) is 0 Å². The van der Waals surface area contributed by atoms with Gasteiger partial charge >= 0.3 is 0 Å². The monoisotopic (exact) mass is 290 g/mol. The molecule has 1 saturated heterocycles. The highest BCUT2D eigenvalue weighted by Gasteiger charge is 2.28. The van der Waals surface area contributed by atoms with Crippen molar-refractivity contribution < 1.29 is 14.3 Å². The number of ether oxygens (including phenoxy) is 1. The van der Waals surface area contributed by atoms with Gasteiger partial charge in [-0.25, -0.2) is 0 Å². The number of hydrogen-bond acceptors (Lipinski definition) is 4. The number of nitrogens with one attached hydrogen (secondary N) is 2. The molecular weight excluding hydrogens is 268 g/mol. The molecule has 0 saturated carbocycles. The molecule has 2 rings (SSSR count). The molecule has 21 heavy (non-hydrogen) atoms. The van der Waals surface area contributed by atoms with Crippen LogP contribution in [-0.2, 0) is 9.59 Å². The highest BCUT2D eigenvalue weighted by atomic mass is 16.5. The molecule has 0 bridgehead atoms. The fraction of sp³-hybridized carbons (Fsp3) is 0.500. The third kappa shape index (κ3) is 4.04. The number of hydrogen-bond donors (Lipinski definition) is 2. The lowest BCUT2D eigenvalue weighted by molar-refractivity contribution is -0.138. The van der Waals surface area contributed by atoms with Crippen molar-refractivity contribution in [3.63, 3.8) is 0 Å². The maximum Gasteiger partial charge on any atom is 0.267 e. The first-order valence-electron chi connectivity index (χ1n) is 7.39. The summed E-state index contributed by atoms with van der Waals surface area (Å²) in [7, 11) is 1.95. The zero-order chi connectivity index (χ0) is 15.2. The number of amides is 2. The van der Waals surface area contributed by atoms with E-state index in [4.69, 9.17) is 4.74 Å². The van der Waals surface area contributed by atoms with E-state index in [1.54, 1.807) is 0 Å². The van der Waals surface area contributed by atoms with Crippen LogP contribution in [0.5, 0.6) is 5.75 Å². The summed E-state index contributed by atoms with van der Waals surface area (Å²) in [5.74, 6) is 0.553. The van der Waals surface area contributed by atoms with Crippen LogP contribution in [0.15, 0.2) is 24.3 Å². The lowest BCUT2D eigenvalue weighted by Crippen LogP contribution is -2.46. The Morgan fingerprint density at radius 3 is 2.62 bits per heavy atom. The number of rotatable bonds is 6. The molecule has 5 heteroatoms. The number of likely N-dealkylation sites (N-methyl/N-ethyl adjacent to an activating group) is 1. The maximum absolute atomic E-state index is 11.7. The van der Waals surface area contributed by atoms with Gasteiger partial charge in [0, 0.05) is 19.4 Å². The van der Waals surface area contributed by atoms with E-state index in [-0.39, 0.29) is 11.8 Å². The topological polar surface area (TPSA) is 67.4 Å². The van der Waals surface area contributed by atoms with Crippen LogP contribution < -0.4 is 15.4 Å². The lowest BCUT2D eigenvalue weighted by Gasteiger charge is -2.22. The molecule has 1 aromatic rings. The number of imide groups is 1. The van der Waals surface area contributed by atoms with Gasteiger partial charge in [0.05, 0.1) is 0 Å². The van der Waals surface area contributed by atoms with Crippen LogP contribution in [0.1, 0.15) is 37.7 Å². The molecule has 2 amide bonds. The highest BCUT2D eigenvalue weighted by Crippen LogP contribution is 2.23. The largest absolute Gasteiger partial charge is 0.481 e. The third-order valence-corrected chi connectivity index (χ3v) is 3.76. The van der Waals surface area contributed by atoms with Gasteiger partial charge in [0.25, 0.3) is 5.91 Å². The standard InChI is InChI=1S/C16H22N2O3/c1-3-11(10-17-2)12-4-6-13(7-5-12)21-14-8-9-15(19)18-16(14)20/h4-7,11,14,17H,3,8-10H2,1-2H3,(H,18,19,20). The van der Waals surface area contributed by atoms with Crippen molar-refractivity contribution in [3.05, 3.63) is 29.8 Å². The summed E-state index contributed by atoms with van der Waals surface area (Å²) in [4.78, 5) is 22.7. The minimum Gasteiger partial charge on any atom is -0.481 e. The molecule has 2 atom stereocenters. The van der Waals surface area contributed by atoms with Gasteiger partial charge in [0.1, 0.15) is 5.75 Å². The molecule has 1 aromatic carbocycles. The molecule has 0 spiro atoms. The van der Waals surface area contributed by atoms with Gasteiger partial charge < -0.3 is 10.1 Å². The van der Waals surface area contributed by atoms with Crippen molar-refractivity contribution in [2.75, 3.05) is 13.6 Å². The second kappa shape index (κ2) is 7.22. The second-order valence-corrected chi connectivity index (χ2v) is 5.29. The molecule has 1 fully saturated rings. The van der Waals surface area contributed by atoms with Crippen LogP contribution in [0.2, 0.25) is 0 Å². The van der Waals surface area contributed by atoms with Crippen LogP contribution in [0, 0.1) is 0 Å². The van der Waals surface area contributed by atoms with Crippen molar-refractivity contribution in [1.82, 2.24) is 10.6 Å². The molecule has 1 aliphatic heterocycles. The van der Waals surface area contributed by atoms with Crippen LogP contribution in [0.4, 0.5) is 0 Å². The van der Waals surface area contributed by atoms with Crippen molar-refractivity contribution in [2.24, 2.45) is 0 Å². The van der Waals surface area contributed by atoms with Crippen LogP contribution in [0.3, 0.4) is 0 Å². The second-order valence-electron chi connectivity index (χ2n) is 5.29. The Hall–Kier alpha value is -1.88. The van der Waals surface area contributed by atoms with E-state index in [2.05, 4.69) is 17.6 Å².